The summed E-state index contributed by atoms with van der Waals surface area (Å²) < 4.78 is 0. The summed E-state index contributed by atoms with van der Waals surface area (Å²) in [5, 5.41) is 21.8. The number of phenolic OH excluding ortho intramolecular Hbond substituents is 1. The molecule has 0 bridgehead atoms. The van der Waals surface area contributed by atoms with Crippen molar-refractivity contribution in [3.8, 4) is 5.75 Å². The zero-order valence-corrected chi connectivity index (χ0v) is 8.22. The van der Waals surface area contributed by atoms with E-state index in [4.69, 9.17) is 5.11 Å². The number of carboxylic acids is 1. The van der Waals surface area contributed by atoms with Crippen LogP contribution in [0.5, 0.6) is 5.75 Å². The number of nitrogens with two attached hydrogens (primary N) is 1. The number of hydrogen-bond acceptors (Lipinski definition) is 3. The van der Waals surface area contributed by atoms with E-state index in [0.29, 0.717) is 13.0 Å². The van der Waals surface area contributed by atoms with Gasteiger partial charge in [0.05, 0.1) is 18.4 Å². The minimum atomic E-state index is -0.965. The number of aromatic hydroxyl groups is 1. The quantitative estimate of drug-likeness (QED) is 0.637. The largest absolute Gasteiger partial charge is 0.550 e. The van der Waals surface area contributed by atoms with E-state index in [2.05, 4.69) is 0 Å². The van der Waals surface area contributed by atoms with Gasteiger partial charge in [-0.25, -0.2) is 0 Å². The van der Waals surface area contributed by atoms with E-state index in [-0.39, 0.29) is 17.7 Å². The van der Waals surface area contributed by atoms with Crippen molar-refractivity contribution < 1.29 is 20.3 Å². The third-order valence-corrected chi connectivity index (χ3v) is 2.90. The number of hydrogen-bond donors (Lipinski definition) is 2. The summed E-state index contributed by atoms with van der Waals surface area (Å²) in [6, 6.07) is 7.07. The predicted octanol–water partition coefficient (Wildman–Crippen LogP) is -1.23. The van der Waals surface area contributed by atoms with E-state index in [9.17, 15) is 9.90 Å². The van der Waals surface area contributed by atoms with Gasteiger partial charge >= 0.3 is 0 Å². The van der Waals surface area contributed by atoms with Crippen LogP contribution < -0.4 is 10.4 Å². The number of phenols is 1. The second-order valence-corrected chi connectivity index (χ2v) is 3.92. The molecule has 0 spiro atoms. The Morgan fingerprint density at radius 3 is 2.60 bits per heavy atom. The van der Waals surface area contributed by atoms with Crippen LogP contribution in [0.2, 0.25) is 0 Å². The van der Waals surface area contributed by atoms with E-state index in [1.54, 1.807) is 12.1 Å². The molecule has 1 aliphatic rings. The molecule has 0 amide bonds. The summed E-state index contributed by atoms with van der Waals surface area (Å²) in [5.74, 6) is -1.09. The van der Waals surface area contributed by atoms with Gasteiger partial charge in [0.25, 0.3) is 0 Å². The van der Waals surface area contributed by atoms with Gasteiger partial charge in [-0.05, 0) is 24.3 Å². The molecule has 0 aliphatic carbocycles. The first kappa shape index (κ1) is 9.98. The Morgan fingerprint density at radius 1 is 1.40 bits per heavy atom. The lowest BCUT2D eigenvalue weighted by atomic mass is 10.0. The Morgan fingerprint density at radius 2 is 2.07 bits per heavy atom. The highest BCUT2D eigenvalue weighted by Gasteiger charge is 2.29. The molecule has 2 unspecified atom stereocenters. The van der Waals surface area contributed by atoms with Gasteiger partial charge in [0.15, 0.2) is 0 Å². The standard InChI is InChI=1S/C11H13NO3/c13-9-3-1-7(2-4-9)10-5-8(6-12-10)11(14)15/h1-4,8,10,12-13H,5-6H2,(H,14,15). The zero-order chi connectivity index (χ0) is 10.8. The highest BCUT2D eigenvalue weighted by atomic mass is 16.4. The molecule has 4 heteroatoms. The average Bonchev–Trinajstić information content (AvgIpc) is 2.68. The lowest BCUT2D eigenvalue weighted by Gasteiger charge is -2.08. The Kier molecular flexibility index (Phi) is 2.60. The summed E-state index contributed by atoms with van der Waals surface area (Å²) in [4.78, 5) is 10.7. The smallest absolute Gasteiger partial charge is 0.115 e. The number of aliphatic carboxylic acids is 1. The molecule has 1 saturated heterocycles. The fourth-order valence-corrected chi connectivity index (χ4v) is 2.01. The van der Waals surface area contributed by atoms with Crippen LogP contribution >= 0.6 is 0 Å². The Labute approximate surface area is 87.6 Å². The van der Waals surface area contributed by atoms with E-state index in [1.165, 1.54) is 0 Å². The second kappa shape index (κ2) is 3.90. The molecule has 1 fully saturated rings. The van der Waals surface area contributed by atoms with Gasteiger partial charge in [0.2, 0.25) is 0 Å². The highest BCUT2D eigenvalue weighted by molar-refractivity contribution is 5.68. The van der Waals surface area contributed by atoms with Crippen molar-refractivity contribution >= 4 is 5.97 Å². The Bertz CT molecular complexity index is 361. The van der Waals surface area contributed by atoms with Crippen molar-refractivity contribution in [1.82, 2.24) is 0 Å². The number of carbonyl (C=O) groups excluding carboxylic acids is 1. The molecule has 4 nitrogen and oxygen atoms in total. The van der Waals surface area contributed by atoms with Gasteiger partial charge < -0.3 is 20.3 Å². The maximum Gasteiger partial charge on any atom is 0.115 e. The number of carboxylic acid groups (broad SMARTS) is 1. The molecule has 0 saturated carbocycles. The Balaban J connectivity index is 2.07. The van der Waals surface area contributed by atoms with Crippen molar-refractivity contribution in [2.75, 3.05) is 6.54 Å². The van der Waals surface area contributed by atoms with Gasteiger partial charge in [0.1, 0.15) is 11.8 Å². The number of quaternary nitrogens is 1. The van der Waals surface area contributed by atoms with Crippen molar-refractivity contribution in [3.05, 3.63) is 29.8 Å². The first-order valence-electron chi connectivity index (χ1n) is 5.00. The van der Waals surface area contributed by atoms with Crippen LogP contribution in [0.3, 0.4) is 0 Å². The number of rotatable bonds is 2. The van der Waals surface area contributed by atoms with Gasteiger partial charge in [0, 0.05) is 12.0 Å². The lowest BCUT2D eigenvalue weighted by Crippen LogP contribution is -2.82. The van der Waals surface area contributed by atoms with E-state index in [1.807, 2.05) is 17.4 Å². The molecular weight excluding hydrogens is 194 g/mol. The monoisotopic (exact) mass is 207 g/mol. The van der Waals surface area contributed by atoms with E-state index >= 15 is 0 Å². The van der Waals surface area contributed by atoms with Crippen molar-refractivity contribution in [2.45, 2.75) is 12.5 Å². The second-order valence-electron chi connectivity index (χ2n) is 3.92. The zero-order valence-electron chi connectivity index (χ0n) is 8.22. The molecule has 0 radical (unpaired) electrons. The summed E-state index contributed by atoms with van der Waals surface area (Å²) >= 11 is 0. The molecule has 1 heterocycles. The predicted molar refractivity (Wildman–Crippen MR) is 50.8 cm³/mol. The van der Waals surface area contributed by atoms with Crippen molar-refractivity contribution in [2.24, 2.45) is 5.92 Å². The number of benzene rings is 1. The summed E-state index contributed by atoms with van der Waals surface area (Å²) in [6.45, 7) is 0.577. The third-order valence-electron chi connectivity index (χ3n) is 2.90. The van der Waals surface area contributed by atoms with Crippen LogP contribution in [-0.2, 0) is 4.79 Å². The molecule has 2 atom stereocenters. The fraction of sp³-hybridized carbons (Fsp3) is 0.364. The maximum atomic E-state index is 10.7. The van der Waals surface area contributed by atoms with E-state index < -0.39 is 5.97 Å². The van der Waals surface area contributed by atoms with Crippen LogP contribution in [0.1, 0.15) is 18.0 Å². The van der Waals surface area contributed by atoms with Crippen LogP contribution in [-0.4, -0.2) is 17.6 Å². The SMILES string of the molecule is O=C([O-])C1C[NH2+]C(c2ccc(O)cc2)C1. The first-order chi connectivity index (χ1) is 7.16. The average molecular weight is 207 g/mol. The molecule has 1 aliphatic heterocycles. The van der Waals surface area contributed by atoms with Gasteiger partial charge in [-0.3, -0.25) is 0 Å². The van der Waals surface area contributed by atoms with Gasteiger partial charge in [-0.2, -0.15) is 0 Å². The van der Waals surface area contributed by atoms with Crippen LogP contribution in [0.15, 0.2) is 24.3 Å². The molecule has 3 N–H and O–H groups in total. The van der Waals surface area contributed by atoms with Gasteiger partial charge in [-0.15, -0.1) is 0 Å². The minimum absolute atomic E-state index is 0.175. The normalized spacial score (nSPS) is 25.3. The first-order valence-corrected chi connectivity index (χ1v) is 5.00. The van der Waals surface area contributed by atoms with Gasteiger partial charge in [-0.1, -0.05) is 0 Å². The molecule has 1 aromatic carbocycles. The third kappa shape index (κ3) is 2.10. The summed E-state index contributed by atoms with van der Waals surface area (Å²) in [5.41, 5.74) is 1.05. The summed E-state index contributed by atoms with van der Waals surface area (Å²) in [7, 11) is 0. The Hall–Kier alpha value is -1.55. The molecular formula is C11H13NO3. The minimum Gasteiger partial charge on any atom is -0.550 e. The van der Waals surface area contributed by atoms with Crippen molar-refractivity contribution in [3.63, 3.8) is 0 Å². The molecule has 2 rings (SSSR count). The van der Waals surface area contributed by atoms with Crippen LogP contribution in [0.25, 0.3) is 0 Å². The summed E-state index contributed by atoms with van der Waals surface area (Å²) in [6.07, 6.45) is 0.604. The number of carbonyl (C=O) groups is 1. The fourth-order valence-electron chi connectivity index (χ4n) is 2.01. The van der Waals surface area contributed by atoms with E-state index in [0.717, 1.165) is 5.56 Å². The maximum absolute atomic E-state index is 10.7. The lowest BCUT2D eigenvalue weighted by molar-refractivity contribution is -0.677. The molecule has 80 valence electrons. The molecule has 1 aromatic rings. The van der Waals surface area contributed by atoms with Crippen LogP contribution in [0, 0.1) is 5.92 Å². The topological polar surface area (TPSA) is 77.0 Å². The molecule has 15 heavy (non-hydrogen) atoms. The van der Waals surface area contributed by atoms with Crippen LogP contribution in [0.4, 0.5) is 0 Å². The van der Waals surface area contributed by atoms with Crippen molar-refractivity contribution in [1.29, 1.82) is 0 Å². The molecule has 0 aromatic heterocycles. The highest BCUT2D eigenvalue weighted by Crippen LogP contribution is 2.22.